The Kier molecular flexibility index (Phi) is 4.07. The first-order chi connectivity index (χ1) is 12.5. The molecule has 0 radical (unpaired) electrons. The number of rotatable bonds is 5. The van der Waals surface area contributed by atoms with Gasteiger partial charge >= 0.3 is 0 Å². The van der Waals surface area contributed by atoms with Crippen LogP contribution < -0.4 is 0 Å². The molecule has 26 heavy (non-hydrogen) atoms. The van der Waals surface area contributed by atoms with Crippen LogP contribution in [0.15, 0.2) is 42.9 Å². The van der Waals surface area contributed by atoms with Crippen molar-refractivity contribution in [1.82, 2.24) is 19.7 Å². The highest BCUT2D eigenvalue weighted by Crippen LogP contribution is 2.28. The highest BCUT2D eigenvalue weighted by atomic mass is 19.1. The molecule has 1 saturated heterocycles. The fourth-order valence-electron chi connectivity index (χ4n) is 3.42. The van der Waals surface area contributed by atoms with Crippen molar-refractivity contribution in [3.8, 4) is 11.1 Å². The van der Waals surface area contributed by atoms with Gasteiger partial charge in [0, 0.05) is 49.2 Å². The molecule has 1 fully saturated rings. The summed E-state index contributed by atoms with van der Waals surface area (Å²) in [5.41, 5.74) is 0.969. The van der Waals surface area contributed by atoms with E-state index in [2.05, 4.69) is 16.1 Å². The van der Waals surface area contributed by atoms with Crippen molar-refractivity contribution in [2.24, 2.45) is 7.05 Å². The smallest absolute Gasteiger partial charge is 0.194 e. The number of ketones is 1. The predicted molar refractivity (Wildman–Crippen MR) is 98.6 cm³/mol. The Bertz CT molecular complexity index is 975. The number of hydrogen-bond acceptors (Lipinski definition) is 4. The summed E-state index contributed by atoms with van der Waals surface area (Å²) in [5, 5.41) is 6.18. The largest absolute Gasteiger partial charge is 0.296 e. The molecule has 1 aliphatic heterocycles. The molecule has 0 unspecified atom stereocenters. The zero-order chi connectivity index (χ0) is 18.3. The highest BCUT2D eigenvalue weighted by molar-refractivity contribution is 5.92. The normalized spacial score (nSPS) is 16.6. The average Bonchev–Trinajstić information content (AvgIpc) is 3.04. The summed E-state index contributed by atoms with van der Waals surface area (Å²) in [6.45, 7) is 3.13. The second-order valence-electron chi connectivity index (χ2n) is 7.01. The van der Waals surface area contributed by atoms with E-state index in [1.807, 2.05) is 49.5 Å². The van der Waals surface area contributed by atoms with Gasteiger partial charge in [-0.15, -0.1) is 0 Å². The lowest BCUT2D eigenvalue weighted by molar-refractivity contribution is -0.141. The summed E-state index contributed by atoms with van der Waals surface area (Å²) in [6.07, 6.45) is 5.54. The third-order valence-corrected chi connectivity index (χ3v) is 5.05. The summed E-state index contributed by atoms with van der Waals surface area (Å²) >= 11 is 0. The molecule has 3 aromatic rings. The molecule has 4 rings (SSSR count). The zero-order valence-corrected chi connectivity index (χ0v) is 14.9. The first-order valence-corrected chi connectivity index (χ1v) is 8.79. The van der Waals surface area contributed by atoms with E-state index in [9.17, 15) is 9.18 Å². The van der Waals surface area contributed by atoms with Crippen LogP contribution in [-0.4, -0.2) is 50.8 Å². The molecule has 0 amide bonds. The fourth-order valence-corrected chi connectivity index (χ4v) is 3.42. The molecule has 6 heteroatoms. The molecule has 134 valence electrons. The van der Waals surface area contributed by atoms with Crippen molar-refractivity contribution in [3.63, 3.8) is 0 Å². The molecule has 0 spiro atoms. The van der Waals surface area contributed by atoms with Gasteiger partial charge in [0.1, 0.15) is 0 Å². The Labute approximate surface area is 151 Å². The SMILES string of the molecule is CCN1CC(F)(C(=O)Cc2cc3cc(-c4cnn(C)c4)ccc3cn2)C1. The van der Waals surface area contributed by atoms with Gasteiger partial charge in [-0.25, -0.2) is 4.39 Å². The second kappa shape index (κ2) is 6.29. The van der Waals surface area contributed by atoms with Crippen LogP contribution in [0.5, 0.6) is 0 Å². The van der Waals surface area contributed by atoms with Gasteiger partial charge in [-0.2, -0.15) is 5.10 Å². The average molecular weight is 352 g/mol. The number of likely N-dealkylation sites (tertiary alicyclic amines) is 1. The molecule has 0 atom stereocenters. The van der Waals surface area contributed by atoms with E-state index in [4.69, 9.17) is 0 Å². The van der Waals surface area contributed by atoms with Crippen LogP contribution in [-0.2, 0) is 18.3 Å². The molecule has 3 heterocycles. The Morgan fingerprint density at radius 1 is 1.19 bits per heavy atom. The van der Waals surface area contributed by atoms with Gasteiger partial charge in [-0.05, 0) is 29.6 Å². The number of hydrogen-bond donors (Lipinski definition) is 0. The Morgan fingerprint density at radius 2 is 2.00 bits per heavy atom. The monoisotopic (exact) mass is 352 g/mol. The van der Waals surface area contributed by atoms with Crippen molar-refractivity contribution in [1.29, 1.82) is 0 Å². The molecule has 0 saturated carbocycles. The molecule has 1 aliphatic rings. The minimum Gasteiger partial charge on any atom is -0.296 e. The lowest BCUT2D eigenvalue weighted by atomic mass is 9.88. The predicted octanol–water partition coefficient (Wildman–Crippen LogP) is 2.79. The first kappa shape index (κ1) is 16.8. The Hall–Kier alpha value is -2.60. The number of aryl methyl sites for hydroxylation is 1. The van der Waals surface area contributed by atoms with Crippen molar-refractivity contribution < 1.29 is 9.18 Å². The number of carbonyl (C=O) groups excluding carboxylic acids is 1. The fraction of sp³-hybridized carbons (Fsp3) is 0.350. The van der Waals surface area contributed by atoms with Gasteiger partial charge in [-0.1, -0.05) is 19.1 Å². The van der Waals surface area contributed by atoms with E-state index >= 15 is 0 Å². The van der Waals surface area contributed by atoms with E-state index in [-0.39, 0.29) is 25.3 Å². The van der Waals surface area contributed by atoms with Gasteiger partial charge in [0.05, 0.1) is 12.6 Å². The summed E-state index contributed by atoms with van der Waals surface area (Å²) < 4.78 is 16.4. The lowest BCUT2D eigenvalue weighted by Gasteiger charge is -2.42. The summed E-state index contributed by atoms with van der Waals surface area (Å²) in [6, 6.07) is 7.95. The van der Waals surface area contributed by atoms with Crippen molar-refractivity contribution in [2.45, 2.75) is 19.0 Å². The molecule has 0 N–H and O–H groups in total. The van der Waals surface area contributed by atoms with E-state index < -0.39 is 5.67 Å². The summed E-state index contributed by atoms with van der Waals surface area (Å²) in [4.78, 5) is 18.6. The van der Waals surface area contributed by atoms with Crippen molar-refractivity contribution >= 4 is 16.6 Å². The van der Waals surface area contributed by atoms with Crippen LogP contribution >= 0.6 is 0 Å². The standard InChI is InChI=1S/C20H21FN4O/c1-3-25-12-20(21,13-25)19(26)8-18-7-16-6-14(4-5-15(16)9-22-18)17-10-23-24(2)11-17/h4-7,9-11H,3,8,12-13H2,1-2H3. The number of nitrogens with zero attached hydrogens (tertiary/aromatic N) is 4. The van der Waals surface area contributed by atoms with Crippen LogP contribution in [0.25, 0.3) is 21.9 Å². The summed E-state index contributed by atoms with van der Waals surface area (Å²) in [7, 11) is 1.88. The molecule has 2 aromatic heterocycles. The van der Waals surface area contributed by atoms with E-state index in [1.54, 1.807) is 10.9 Å². The quantitative estimate of drug-likeness (QED) is 0.709. The maximum Gasteiger partial charge on any atom is 0.194 e. The Morgan fingerprint density at radius 3 is 2.69 bits per heavy atom. The number of alkyl halides is 1. The van der Waals surface area contributed by atoms with Crippen LogP contribution in [0, 0.1) is 0 Å². The highest BCUT2D eigenvalue weighted by Gasteiger charge is 2.48. The van der Waals surface area contributed by atoms with Crippen LogP contribution in [0.4, 0.5) is 4.39 Å². The van der Waals surface area contributed by atoms with Crippen LogP contribution in [0.3, 0.4) is 0 Å². The maximum atomic E-state index is 14.6. The Balaban J connectivity index is 1.57. The van der Waals surface area contributed by atoms with E-state index in [0.29, 0.717) is 5.69 Å². The number of benzene rings is 1. The third-order valence-electron chi connectivity index (χ3n) is 5.05. The number of aromatic nitrogens is 3. The molecular formula is C20H21FN4O. The third kappa shape index (κ3) is 3.01. The number of carbonyl (C=O) groups is 1. The van der Waals surface area contributed by atoms with Gasteiger partial charge < -0.3 is 0 Å². The molecular weight excluding hydrogens is 331 g/mol. The lowest BCUT2D eigenvalue weighted by Crippen LogP contribution is -2.63. The van der Waals surface area contributed by atoms with Crippen LogP contribution in [0.1, 0.15) is 12.6 Å². The number of halogens is 1. The number of fused-ring (bicyclic) bond motifs is 1. The van der Waals surface area contributed by atoms with Gasteiger partial charge in [0.15, 0.2) is 11.5 Å². The molecule has 0 bridgehead atoms. The number of Topliss-reactive ketones (excluding diaryl/α,β-unsaturated/α-hetero) is 1. The van der Waals surface area contributed by atoms with Gasteiger partial charge in [-0.3, -0.25) is 19.4 Å². The van der Waals surface area contributed by atoms with Crippen molar-refractivity contribution in [3.05, 3.63) is 48.5 Å². The minimum absolute atomic E-state index is 0.0289. The minimum atomic E-state index is -1.72. The molecule has 5 nitrogen and oxygen atoms in total. The number of pyridine rings is 1. The van der Waals surface area contributed by atoms with Crippen molar-refractivity contribution in [2.75, 3.05) is 19.6 Å². The molecule has 0 aliphatic carbocycles. The van der Waals surface area contributed by atoms with Crippen LogP contribution in [0.2, 0.25) is 0 Å². The topological polar surface area (TPSA) is 51.0 Å². The van der Waals surface area contributed by atoms with E-state index in [1.165, 1.54) is 0 Å². The maximum absolute atomic E-state index is 14.6. The first-order valence-electron chi connectivity index (χ1n) is 8.79. The van der Waals surface area contributed by atoms with E-state index in [0.717, 1.165) is 28.4 Å². The van der Waals surface area contributed by atoms with Gasteiger partial charge in [0.25, 0.3) is 0 Å². The second-order valence-corrected chi connectivity index (χ2v) is 7.01. The molecule has 1 aromatic carbocycles. The summed E-state index contributed by atoms with van der Waals surface area (Å²) in [5.74, 6) is -0.377. The zero-order valence-electron chi connectivity index (χ0n) is 14.9. The van der Waals surface area contributed by atoms with Gasteiger partial charge in [0.2, 0.25) is 0 Å².